The number of piperazine rings is 1. The van der Waals surface area contributed by atoms with Gasteiger partial charge in [0.1, 0.15) is 5.60 Å². The number of nitrogens with one attached hydrogen (secondary N) is 2. The fraction of sp³-hybridized carbons (Fsp3) is 0.923. The highest BCUT2D eigenvalue weighted by Crippen LogP contribution is 2.29. The van der Waals surface area contributed by atoms with Crippen LogP contribution in [0, 0.1) is 0 Å². The highest BCUT2D eigenvalue weighted by molar-refractivity contribution is 5.69. The van der Waals surface area contributed by atoms with Gasteiger partial charge in [0.05, 0.1) is 5.54 Å². The Morgan fingerprint density at radius 1 is 1.17 bits per heavy atom. The van der Waals surface area contributed by atoms with Gasteiger partial charge in [-0.1, -0.05) is 0 Å². The summed E-state index contributed by atoms with van der Waals surface area (Å²) in [5.41, 5.74) is -0.470. The maximum absolute atomic E-state index is 12.3. The van der Waals surface area contributed by atoms with Crippen molar-refractivity contribution >= 4 is 6.09 Å². The zero-order valence-corrected chi connectivity index (χ0v) is 11.7. The van der Waals surface area contributed by atoms with Crippen molar-refractivity contribution in [2.75, 3.05) is 32.7 Å². The topological polar surface area (TPSA) is 53.6 Å². The van der Waals surface area contributed by atoms with Gasteiger partial charge in [-0.2, -0.15) is 0 Å². The van der Waals surface area contributed by atoms with Gasteiger partial charge in [0, 0.05) is 19.6 Å². The monoisotopic (exact) mass is 255 g/mol. The van der Waals surface area contributed by atoms with Crippen molar-refractivity contribution in [2.24, 2.45) is 0 Å². The van der Waals surface area contributed by atoms with E-state index in [0.29, 0.717) is 0 Å². The third-order valence-electron chi connectivity index (χ3n) is 3.69. The minimum atomic E-state index is -0.421. The molecule has 0 unspecified atom stereocenters. The highest BCUT2D eigenvalue weighted by atomic mass is 16.6. The molecule has 2 aliphatic rings. The maximum atomic E-state index is 12.3. The van der Waals surface area contributed by atoms with Crippen LogP contribution in [0.2, 0.25) is 0 Å². The number of carbonyl (C=O) groups excluding carboxylic acids is 1. The number of nitrogens with zero attached hydrogens (tertiary/aromatic N) is 1. The molecule has 2 saturated heterocycles. The predicted octanol–water partition coefficient (Wildman–Crippen LogP) is 0.949. The molecule has 2 heterocycles. The molecule has 5 heteroatoms. The second kappa shape index (κ2) is 5.05. The van der Waals surface area contributed by atoms with Crippen molar-refractivity contribution < 1.29 is 9.53 Å². The molecule has 1 spiro atoms. The van der Waals surface area contributed by atoms with Crippen LogP contribution in [0.15, 0.2) is 0 Å². The van der Waals surface area contributed by atoms with Crippen molar-refractivity contribution in [3.05, 3.63) is 0 Å². The summed E-state index contributed by atoms with van der Waals surface area (Å²) in [6.07, 6.45) is 1.84. The molecule has 0 aromatic heterocycles. The van der Waals surface area contributed by atoms with Gasteiger partial charge < -0.3 is 15.4 Å². The first kappa shape index (κ1) is 13.6. The van der Waals surface area contributed by atoms with Gasteiger partial charge in [-0.3, -0.25) is 4.90 Å². The minimum Gasteiger partial charge on any atom is -0.444 e. The molecule has 0 aliphatic carbocycles. The third kappa shape index (κ3) is 2.95. The summed E-state index contributed by atoms with van der Waals surface area (Å²) in [6, 6.07) is 0. The van der Waals surface area contributed by atoms with Crippen LogP contribution in [0.4, 0.5) is 4.79 Å². The van der Waals surface area contributed by atoms with Crippen LogP contribution >= 0.6 is 0 Å². The Morgan fingerprint density at radius 3 is 2.44 bits per heavy atom. The SMILES string of the molecule is CC(C)(C)OC(=O)N1CCNCC12CCNCC2. The molecule has 0 saturated carbocycles. The molecule has 1 amide bonds. The molecule has 0 aromatic carbocycles. The number of piperidine rings is 1. The van der Waals surface area contributed by atoms with E-state index in [9.17, 15) is 4.79 Å². The van der Waals surface area contributed by atoms with Crippen LogP contribution in [0.3, 0.4) is 0 Å². The number of amides is 1. The molecule has 0 radical (unpaired) electrons. The average Bonchev–Trinajstić information content (AvgIpc) is 2.28. The first-order valence-corrected chi connectivity index (χ1v) is 6.85. The number of rotatable bonds is 0. The van der Waals surface area contributed by atoms with Crippen molar-refractivity contribution in [2.45, 2.75) is 44.8 Å². The lowest BCUT2D eigenvalue weighted by atomic mass is 9.85. The van der Waals surface area contributed by atoms with Crippen LogP contribution in [0.25, 0.3) is 0 Å². The van der Waals surface area contributed by atoms with Gasteiger partial charge in [0.25, 0.3) is 0 Å². The van der Waals surface area contributed by atoms with E-state index in [0.717, 1.165) is 45.6 Å². The summed E-state index contributed by atoms with van der Waals surface area (Å²) >= 11 is 0. The molecule has 104 valence electrons. The Hall–Kier alpha value is -0.810. The predicted molar refractivity (Wildman–Crippen MR) is 70.6 cm³/mol. The summed E-state index contributed by atoms with van der Waals surface area (Å²) in [4.78, 5) is 14.3. The fourth-order valence-corrected chi connectivity index (χ4v) is 2.79. The summed E-state index contributed by atoms with van der Waals surface area (Å²) in [7, 11) is 0. The summed E-state index contributed by atoms with van der Waals surface area (Å²) in [5.74, 6) is 0. The normalized spacial score (nSPS) is 24.1. The fourth-order valence-electron chi connectivity index (χ4n) is 2.79. The molecular formula is C13H25N3O2. The first-order valence-electron chi connectivity index (χ1n) is 6.85. The molecule has 0 bridgehead atoms. The van der Waals surface area contributed by atoms with Crippen molar-refractivity contribution in [1.29, 1.82) is 0 Å². The Bertz CT molecular complexity index is 298. The lowest BCUT2D eigenvalue weighted by Gasteiger charge is -2.49. The van der Waals surface area contributed by atoms with Gasteiger partial charge in [-0.25, -0.2) is 4.79 Å². The molecular weight excluding hydrogens is 230 g/mol. The lowest BCUT2D eigenvalue weighted by Crippen LogP contribution is -2.66. The zero-order chi connectivity index (χ0) is 13.2. The van der Waals surface area contributed by atoms with E-state index in [-0.39, 0.29) is 11.6 Å². The van der Waals surface area contributed by atoms with Gasteiger partial charge in [0.2, 0.25) is 0 Å². The average molecular weight is 255 g/mol. The number of carbonyl (C=O) groups is 1. The highest BCUT2D eigenvalue weighted by Gasteiger charge is 2.43. The third-order valence-corrected chi connectivity index (χ3v) is 3.69. The van der Waals surface area contributed by atoms with Crippen LogP contribution in [-0.2, 0) is 4.74 Å². The Balaban J connectivity index is 2.10. The van der Waals surface area contributed by atoms with Crippen LogP contribution in [0.1, 0.15) is 33.6 Å². The number of ether oxygens (including phenoxy) is 1. The second-order valence-corrected chi connectivity index (χ2v) is 6.28. The van der Waals surface area contributed by atoms with E-state index < -0.39 is 5.60 Å². The van der Waals surface area contributed by atoms with E-state index in [1.165, 1.54) is 0 Å². The van der Waals surface area contributed by atoms with E-state index in [1.54, 1.807) is 0 Å². The largest absolute Gasteiger partial charge is 0.444 e. The molecule has 5 nitrogen and oxygen atoms in total. The molecule has 2 aliphatic heterocycles. The van der Waals surface area contributed by atoms with Crippen molar-refractivity contribution in [3.63, 3.8) is 0 Å². The van der Waals surface area contributed by atoms with Crippen molar-refractivity contribution in [1.82, 2.24) is 15.5 Å². The number of hydrogen-bond donors (Lipinski definition) is 2. The Labute approximate surface area is 109 Å². The van der Waals surface area contributed by atoms with E-state index in [2.05, 4.69) is 10.6 Å². The summed E-state index contributed by atoms with van der Waals surface area (Å²) < 4.78 is 5.54. The van der Waals surface area contributed by atoms with Gasteiger partial charge in [0.15, 0.2) is 0 Å². The van der Waals surface area contributed by atoms with E-state index in [1.807, 2.05) is 25.7 Å². The first-order chi connectivity index (χ1) is 8.43. The van der Waals surface area contributed by atoms with E-state index in [4.69, 9.17) is 4.74 Å². The molecule has 2 N–H and O–H groups in total. The number of hydrogen-bond acceptors (Lipinski definition) is 4. The van der Waals surface area contributed by atoms with Gasteiger partial charge in [-0.05, 0) is 46.7 Å². The summed E-state index contributed by atoms with van der Waals surface area (Å²) in [6.45, 7) is 10.2. The van der Waals surface area contributed by atoms with Crippen molar-refractivity contribution in [3.8, 4) is 0 Å². The zero-order valence-electron chi connectivity index (χ0n) is 11.7. The quantitative estimate of drug-likeness (QED) is 0.676. The summed E-state index contributed by atoms with van der Waals surface area (Å²) in [5, 5.41) is 6.77. The van der Waals surface area contributed by atoms with Crippen LogP contribution in [-0.4, -0.2) is 54.9 Å². The van der Waals surface area contributed by atoms with Gasteiger partial charge in [-0.15, -0.1) is 0 Å². The van der Waals surface area contributed by atoms with E-state index >= 15 is 0 Å². The molecule has 0 atom stereocenters. The molecule has 0 aromatic rings. The molecule has 18 heavy (non-hydrogen) atoms. The minimum absolute atomic E-state index is 0.0498. The smallest absolute Gasteiger partial charge is 0.410 e. The lowest BCUT2D eigenvalue weighted by molar-refractivity contribution is -0.0196. The Morgan fingerprint density at radius 2 is 1.83 bits per heavy atom. The van der Waals surface area contributed by atoms with Crippen LogP contribution < -0.4 is 10.6 Å². The molecule has 2 fully saturated rings. The second-order valence-electron chi connectivity index (χ2n) is 6.28. The van der Waals surface area contributed by atoms with Crippen LogP contribution in [0.5, 0.6) is 0 Å². The van der Waals surface area contributed by atoms with Gasteiger partial charge >= 0.3 is 6.09 Å². The standard InChI is InChI=1S/C13H25N3O2/c1-12(2,3)18-11(17)16-9-8-15-10-13(16)4-6-14-7-5-13/h14-15H,4-10H2,1-3H3. The molecule has 2 rings (SSSR count). The maximum Gasteiger partial charge on any atom is 0.410 e. The Kier molecular flexibility index (Phi) is 3.82.